The van der Waals surface area contributed by atoms with Crippen molar-refractivity contribution in [1.82, 2.24) is 4.98 Å². The largest absolute Gasteiger partial charge is 0.330 e. The molecule has 0 aliphatic carbocycles. The number of nitrogens with two attached hydrogens (primary N) is 1. The number of pyridine rings is 1. The van der Waals surface area contributed by atoms with E-state index in [0.717, 1.165) is 18.4 Å². The van der Waals surface area contributed by atoms with Crippen LogP contribution in [0.4, 0.5) is 5.69 Å². The fourth-order valence-corrected chi connectivity index (χ4v) is 2.83. The highest BCUT2D eigenvalue weighted by Gasteiger charge is 2.13. The van der Waals surface area contributed by atoms with Crippen molar-refractivity contribution in [3.63, 3.8) is 0 Å². The third kappa shape index (κ3) is 3.79. The highest BCUT2D eigenvalue weighted by Crippen LogP contribution is 2.17. The molecule has 1 aromatic carbocycles. The Morgan fingerprint density at radius 1 is 1.20 bits per heavy atom. The monoisotopic (exact) mass is 291 g/mol. The predicted octanol–water partition coefficient (Wildman–Crippen LogP) is 1.77. The van der Waals surface area contributed by atoms with Crippen LogP contribution in [-0.2, 0) is 16.4 Å². The molecular weight excluding hydrogens is 274 g/mol. The fourth-order valence-electron chi connectivity index (χ4n) is 1.82. The van der Waals surface area contributed by atoms with Crippen LogP contribution < -0.4 is 10.5 Å². The van der Waals surface area contributed by atoms with E-state index in [1.54, 1.807) is 12.1 Å². The number of nitrogens with zero attached hydrogens (tertiary/aromatic N) is 1. The van der Waals surface area contributed by atoms with Gasteiger partial charge in [-0.25, -0.2) is 8.42 Å². The summed E-state index contributed by atoms with van der Waals surface area (Å²) in [6.07, 6.45) is 4.56. The molecule has 5 nitrogen and oxygen atoms in total. The molecule has 0 radical (unpaired) electrons. The Morgan fingerprint density at radius 3 is 2.75 bits per heavy atom. The second-order valence-corrected chi connectivity index (χ2v) is 6.07. The van der Waals surface area contributed by atoms with Crippen LogP contribution in [0.15, 0.2) is 53.7 Å². The van der Waals surface area contributed by atoms with Gasteiger partial charge in [0.2, 0.25) is 0 Å². The van der Waals surface area contributed by atoms with Crippen LogP contribution >= 0.6 is 0 Å². The molecule has 0 aliphatic heterocycles. The van der Waals surface area contributed by atoms with Crippen molar-refractivity contribution in [2.24, 2.45) is 5.73 Å². The maximum absolute atomic E-state index is 12.2. The van der Waals surface area contributed by atoms with Gasteiger partial charge >= 0.3 is 0 Å². The third-order valence-corrected chi connectivity index (χ3v) is 4.16. The normalized spacial score (nSPS) is 11.2. The smallest absolute Gasteiger partial charge is 0.263 e. The Hall–Kier alpha value is -1.92. The summed E-state index contributed by atoms with van der Waals surface area (Å²) in [6.45, 7) is 0.617. The molecule has 6 heteroatoms. The second kappa shape index (κ2) is 6.49. The Bertz CT molecular complexity index is 657. The van der Waals surface area contributed by atoms with Crippen LogP contribution in [0.25, 0.3) is 0 Å². The average Bonchev–Trinajstić information content (AvgIpc) is 2.46. The molecule has 0 aliphatic rings. The molecule has 0 fully saturated rings. The zero-order chi connectivity index (χ0) is 14.4. The number of nitrogens with one attached hydrogen (secondary N) is 1. The molecule has 1 aromatic heterocycles. The lowest BCUT2D eigenvalue weighted by Gasteiger charge is -2.09. The molecule has 1 heterocycles. The van der Waals surface area contributed by atoms with Crippen LogP contribution in [0.2, 0.25) is 0 Å². The van der Waals surface area contributed by atoms with Gasteiger partial charge in [0.25, 0.3) is 10.0 Å². The number of benzene rings is 1. The number of aryl methyl sites for hydroxylation is 1. The summed E-state index contributed by atoms with van der Waals surface area (Å²) in [5, 5.41) is 0. The SMILES string of the molecule is NCCCc1cccc(NS(=O)(=O)c2cccnc2)c1. The summed E-state index contributed by atoms with van der Waals surface area (Å²) in [4.78, 5) is 3.96. The fraction of sp³-hybridized carbons (Fsp3) is 0.214. The van der Waals surface area contributed by atoms with E-state index in [9.17, 15) is 8.42 Å². The first-order valence-corrected chi connectivity index (χ1v) is 7.82. The summed E-state index contributed by atoms with van der Waals surface area (Å²) in [6, 6.07) is 10.4. The van der Waals surface area contributed by atoms with E-state index >= 15 is 0 Å². The van der Waals surface area contributed by atoms with Gasteiger partial charge in [-0.1, -0.05) is 12.1 Å². The number of hydrogen-bond acceptors (Lipinski definition) is 4. The number of aromatic nitrogens is 1. The molecule has 0 bridgehead atoms. The Morgan fingerprint density at radius 2 is 2.05 bits per heavy atom. The van der Waals surface area contributed by atoms with E-state index < -0.39 is 10.0 Å². The summed E-state index contributed by atoms with van der Waals surface area (Å²) in [7, 11) is -3.59. The third-order valence-electron chi connectivity index (χ3n) is 2.79. The van der Waals surface area contributed by atoms with Crippen LogP contribution in [-0.4, -0.2) is 19.9 Å². The zero-order valence-electron chi connectivity index (χ0n) is 11.0. The lowest BCUT2D eigenvalue weighted by Crippen LogP contribution is -2.13. The molecule has 0 saturated carbocycles. The predicted molar refractivity (Wildman–Crippen MR) is 78.9 cm³/mol. The first kappa shape index (κ1) is 14.5. The topological polar surface area (TPSA) is 85.1 Å². The maximum Gasteiger partial charge on any atom is 0.263 e. The van der Waals surface area contributed by atoms with Gasteiger partial charge in [-0.3, -0.25) is 9.71 Å². The second-order valence-electron chi connectivity index (χ2n) is 4.39. The van der Waals surface area contributed by atoms with Crippen molar-refractivity contribution in [1.29, 1.82) is 0 Å². The van der Waals surface area contributed by atoms with Crippen LogP contribution in [0.1, 0.15) is 12.0 Å². The molecule has 106 valence electrons. The van der Waals surface area contributed by atoms with Crippen LogP contribution in [0.5, 0.6) is 0 Å². The summed E-state index contributed by atoms with van der Waals surface area (Å²) in [5.74, 6) is 0. The van der Waals surface area contributed by atoms with E-state index in [1.165, 1.54) is 18.5 Å². The number of rotatable bonds is 6. The van der Waals surface area contributed by atoms with Gasteiger partial charge < -0.3 is 5.73 Å². The van der Waals surface area contributed by atoms with Gasteiger partial charge in [0.05, 0.1) is 0 Å². The Kier molecular flexibility index (Phi) is 4.70. The Labute approximate surface area is 118 Å². The molecular formula is C14H17N3O2S. The summed E-state index contributed by atoms with van der Waals surface area (Å²) < 4.78 is 26.9. The minimum atomic E-state index is -3.59. The standard InChI is InChI=1S/C14H17N3O2S/c15-8-2-5-12-4-1-6-13(10-12)17-20(18,19)14-7-3-9-16-11-14/h1,3-4,6-7,9-11,17H,2,5,8,15H2. The van der Waals surface area contributed by atoms with Crippen molar-refractivity contribution in [3.05, 3.63) is 54.4 Å². The van der Waals surface area contributed by atoms with E-state index in [-0.39, 0.29) is 4.90 Å². The van der Waals surface area contributed by atoms with E-state index in [4.69, 9.17) is 5.73 Å². The van der Waals surface area contributed by atoms with E-state index in [2.05, 4.69) is 9.71 Å². The van der Waals surface area contributed by atoms with Crippen molar-refractivity contribution >= 4 is 15.7 Å². The average molecular weight is 291 g/mol. The zero-order valence-corrected chi connectivity index (χ0v) is 11.8. The first-order valence-electron chi connectivity index (χ1n) is 6.34. The molecule has 3 N–H and O–H groups in total. The van der Waals surface area contributed by atoms with Gasteiger partial charge in [-0.05, 0) is 49.2 Å². The molecule has 0 spiro atoms. The summed E-state index contributed by atoms with van der Waals surface area (Å²) in [5.41, 5.74) is 7.08. The van der Waals surface area contributed by atoms with Gasteiger partial charge in [0.15, 0.2) is 0 Å². The molecule has 2 rings (SSSR count). The van der Waals surface area contributed by atoms with Crippen molar-refractivity contribution in [2.45, 2.75) is 17.7 Å². The minimum absolute atomic E-state index is 0.146. The van der Waals surface area contributed by atoms with Gasteiger partial charge in [-0.15, -0.1) is 0 Å². The van der Waals surface area contributed by atoms with Crippen molar-refractivity contribution in [2.75, 3.05) is 11.3 Å². The number of sulfonamides is 1. The van der Waals surface area contributed by atoms with Crippen LogP contribution in [0.3, 0.4) is 0 Å². The molecule has 2 aromatic rings. The number of anilines is 1. The van der Waals surface area contributed by atoms with E-state index in [0.29, 0.717) is 12.2 Å². The van der Waals surface area contributed by atoms with Crippen molar-refractivity contribution in [3.8, 4) is 0 Å². The maximum atomic E-state index is 12.2. The highest BCUT2D eigenvalue weighted by atomic mass is 32.2. The van der Waals surface area contributed by atoms with Crippen molar-refractivity contribution < 1.29 is 8.42 Å². The Balaban J connectivity index is 2.17. The van der Waals surface area contributed by atoms with Gasteiger partial charge in [0.1, 0.15) is 4.90 Å². The van der Waals surface area contributed by atoms with E-state index in [1.807, 2.05) is 18.2 Å². The minimum Gasteiger partial charge on any atom is -0.330 e. The number of hydrogen-bond donors (Lipinski definition) is 2. The molecule has 0 amide bonds. The molecule has 0 saturated heterocycles. The van der Waals surface area contributed by atoms with Crippen LogP contribution in [0, 0.1) is 0 Å². The summed E-state index contributed by atoms with van der Waals surface area (Å²) >= 11 is 0. The van der Waals surface area contributed by atoms with Gasteiger partial charge in [0, 0.05) is 18.1 Å². The lowest BCUT2D eigenvalue weighted by molar-refractivity contribution is 0.601. The lowest BCUT2D eigenvalue weighted by atomic mass is 10.1. The molecule has 20 heavy (non-hydrogen) atoms. The van der Waals surface area contributed by atoms with Gasteiger partial charge in [-0.2, -0.15) is 0 Å². The first-order chi connectivity index (χ1) is 9.62. The molecule has 0 atom stereocenters. The molecule has 0 unspecified atom stereocenters. The highest BCUT2D eigenvalue weighted by molar-refractivity contribution is 7.92. The quantitative estimate of drug-likeness (QED) is 0.849.